The van der Waals surface area contributed by atoms with Gasteiger partial charge in [-0.15, -0.1) is 11.3 Å². The molecule has 0 aromatic carbocycles. The molecule has 0 fully saturated rings. The van der Waals surface area contributed by atoms with E-state index in [0.29, 0.717) is 22.1 Å². The zero-order valence-electron chi connectivity index (χ0n) is 8.90. The normalized spacial score (nSPS) is 10.4. The molecule has 1 amide bonds. The lowest BCUT2D eigenvalue weighted by Gasteiger charge is -1.96. The summed E-state index contributed by atoms with van der Waals surface area (Å²) in [5.41, 5.74) is 6.30. The van der Waals surface area contributed by atoms with Gasteiger partial charge in [-0.2, -0.15) is 0 Å². The lowest BCUT2D eigenvalue weighted by molar-refractivity contribution is 0.102. The molecule has 84 valence electrons. The van der Waals surface area contributed by atoms with Gasteiger partial charge >= 0.3 is 0 Å². The molecule has 0 saturated carbocycles. The molecule has 0 saturated heterocycles. The second-order valence-corrected chi connectivity index (χ2v) is 4.66. The Hall–Kier alpha value is -1.82. The van der Waals surface area contributed by atoms with Gasteiger partial charge in [0, 0.05) is 16.6 Å². The third-order valence-electron chi connectivity index (χ3n) is 2.05. The van der Waals surface area contributed by atoms with Gasteiger partial charge in [-0.3, -0.25) is 4.79 Å². The summed E-state index contributed by atoms with van der Waals surface area (Å²) in [7, 11) is 0. The minimum Gasteiger partial charge on any atom is -0.398 e. The number of aryl methyl sites for hydroxylation is 2. The summed E-state index contributed by atoms with van der Waals surface area (Å²) in [5, 5.41) is 6.31. The lowest BCUT2D eigenvalue weighted by Crippen LogP contribution is -2.10. The van der Waals surface area contributed by atoms with Crippen molar-refractivity contribution < 1.29 is 9.32 Å². The van der Waals surface area contributed by atoms with Gasteiger partial charge in [-0.1, -0.05) is 5.16 Å². The number of nitrogens with two attached hydrogens (primary N) is 1. The first-order chi connectivity index (χ1) is 7.56. The lowest BCUT2D eigenvalue weighted by atomic mass is 10.3. The highest BCUT2D eigenvalue weighted by molar-refractivity contribution is 7.14. The van der Waals surface area contributed by atoms with Crippen molar-refractivity contribution in [2.24, 2.45) is 0 Å². The summed E-state index contributed by atoms with van der Waals surface area (Å²) in [5.74, 6) is 0.836. The first-order valence-electron chi connectivity index (χ1n) is 4.67. The van der Waals surface area contributed by atoms with Crippen molar-refractivity contribution in [3.63, 3.8) is 0 Å². The number of rotatable bonds is 2. The van der Waals surface area contributed by atoms with Crippen LogP contribution in [0.25, 0.3) is 0 Å². The Morgan fingerprint density at radius 2 is 2.25 bits per heavy atom. The summed E-state index contributed by atoms with van der Waals surface area (Å²) in [6.07, 6.45) is 0. The molecule has 0 bridgehead atoms. The van der Waals surface area contributed by atoms with Crippen LogP contribution >= 0.6 is 11.3 Å². The Kier molecular flexibility index (Phi) is 2.66. The molecule has 2 rings (SSSR count). The fourth-order valence-electron chi connectivity index (χ4n) is 1.21. The van der Waals surface area contributed by atoms with Crippen LogP contribution in [0.3, 0.4) is 0 Å². The molecule has 2 heterocycles. The van der Waals surface area contributed by atoms with E-state index in [2.05, 4.69) is 10.5 Å². The molecule has 16 heavy (non-hydrogen) atoms. The first kappa shape index (κ1) is 10.7. The highest BCUT2D eigenvalue weighted by atomic mass is 32.1. The maximum atomic E-state index is 11.8. The summed E-state index contributed by atoms with van der Waals surface area (Å²) in [6.45, 7) is 3.63. The Morgan fingerprint density at radius 3 is 2.75 bits per heavy atom. The number of nitrogens with one attached hydrogen (secondary N) is 1. The summed E-state index contributed by atoms with van der Waals surface area (Å²) < 4.78 is 4.84. The number of thiophene rings is 1. The quantitative estimate of drug-likeness (QED) is 0.838. The van der Waals surface area contributed by atoms with E-state index in [-0.39, 0.29) is 5.91 Å². The van der Waals surface area contributed by atoms with Gasteiger partial charge in [-0.25, -0.2) is 0 Å². The van der Waals surface area contributed by atoms with Crippen LogP contribution in [0.1, 0.15) is 20.3 Å². The van der Waals surface area contributed by atoms with Crippen molar-refractivity contribution in [1.82, 2.24) is 5.16 Å². The molecule has 3 N–H and O–H groups in total. The molecule has 6 heteroatoms. The van der Waals surface area contributed by atoms with E-state index in [9.17, 15) is 4.79 Å². The molecule has 0 aliphatic heterocycles. The van der Waals surface area contributed by atoms with E-state index in [1.54, 1.807) is 19.1 Å². The van der Waals surface area contributed by atoms with E-state index in [1.165, 1.54) is 11.3 Å². The van der Waals surface area contributed by atoms with Crippen LogP contribution < -0.4 is 11.1 Å². The molecule has 2 aromatic heterocycles. The maximum absolute atomic E-state index is 11.8. The van der Waals surface area contributed by atoms with E-state index in [1.807, 2.05) is 6.92 Å². The Labute approximate surface area is 96.2 Å². The summed E-state index contributed by atoms with van der Waals surface area (Å²) >= 11 is 1.35. The molecule has 5 nitrogen and oxygen atoms in total. The minimum atomic E-state index is -0.224. The van der Waals surface area contributed by atoms with Gasteiger partial charge in [0.25, 0.3) is 5.91 Å². The van der Waals surface area contributed by atoms with Crippen LogP contribution in [-0.2, 0) is 0 Å². The predicted molar refractivity (Wildman–Crippen MR) is 62.7 cm³/mol. The smallest absolute Gasteiger partial charge is 0.267 e. The van der Waals surface area contributed by atoms with Crippen LogP contribution in [0.4, 0.5) is 11.5 Å². The molecule has 0 atom stereocenters. The van der Waals surface area contributed by atoms with Crippen molar-refractivity contribution in [3.8, 4) is 0 Å². The standard InChI is InChI=1S/C10H11N3O2S/c1-5-3-9(13-15-5)12-10(14)8-4-7(11)6(2)16-8/h3-4H,11H2,1-2H3,(H,12,13,14). The molecule has 0 aliphatic rings. The average molecular weight is 237 g/mol. The van der Waals surface area contributed by atoms with Gasteiger partial charge in [0.1, 0.15) is 5.76 Å². The van der Waals surface area contributed by atoms with Crippen LogP contribution in [-0.4, -0.2) is 11.1 Å². The van der Waals surface area contributed by atoms with Gasteiger partial charge in [0.2, 0.25) is 0 Å². The molecule has 0 unspecified atom stereocenters. The number of hydrogen-bond donors (Lipinski definition) is 2. The molecular formula is C10H11N3O2S. The zero-order chi connectivity index (χ0) is 11.7. The number of carbonyl (C=O) groups is 1. The second-order valence-electron chi connectivity index (χ2n) is 3.40. The number of amides is 1. The summed E-state index contributed by atoms with van der Waals surface area (Å²) in [6, 6.07) is 3.31. The minimum absolute atomic E-state index is 0.224. The van der Waals surface area contributed by atoms with Crippen LogP contribution in [0.2, 0.25) is 0 Å². The van der Waals surface area contributed by atoms with Gasteiger partial charge in [0.15, 0.2) is 5.82 Å². The van der Waals surface area contributed by atoms with Gasteiger partial charge in [-0.05, 0) is 19.9 Å². The van der Waals surface area contributed by atoms with Crippen molar-refractivity contribution in [1.29, 1.82) is 0 Å². The number of hydrogen-bond acceptors (Lipinski definition) is 5. The number of nitrogen functional groups attached to an aromatic ring is 1. The fourth-order valence-corrected chi connectivity index (χ4v) is 2.05. The predicted octanol–water partition coefficient (Wildman–Crippen LogP) is 2.19. The molecule has 2 aromatic rings. The topological polar surface area (TPSA) is 81.2 Å². The van der Waals surface area contributed by atoms with Gasteiger partial charge in [0.05, 0.1) is 4.88 Å². The summed E-state index contributed by atoms with van der Waals surface area (Å²) in [4.78, 5) is 13.2. The molecular weight excluding hydrogens is 226 g/mol. The average Bonchev–Trinajstić information content (AvgIpc) is 2.75. The Morgan fingerprint density at radius 1 is 1.50 bits per heavy atom. The van der Waals surface area contributed by atoms with E-state index < -0.39 is 0 Å². The largest absolute Gasteiger partial charge is 0.398 e. The third kappa shape index (κ3) is 2.06. The van der Waals surface area contributed by atoms with Crippen molar-refractivity contribution in [3.05, 3.63) is 27.6 Å². The Balaban J connectivity index is 2.14. The number of nitrogens with zero attached hydrogens (tertiary/aromatic N) is 1. The molecule has 0 spiro atoms. The molecule has 0 radical (unpaired) electrons. The SMILES string of the molecule is Cc1cc(NC(=O)c2cc(N)c(C)s2)no1. The maximum Gasteiger partial charge on any atom is 0.267 e. The highest BCUT2D eigenvalue weighted by Gasteiger charge is 2.12. The van der Waals surface area contributed by atoms with Crippen LogP contribution in [0.15, 0.2) is 16.7 Å². The Bertz CT molecular complexity index is 510. The van der Waals surface area contributed by atoms with Crippen LogP contribution in [0.5, 0.6) is 0 Å². The number of anilines is 2. The fraction of sp³-hybridized carbons (Fsp3) is 0.200. The van der Waals surface area contributed by atoms with Crippen molar-refractivity contribution in [2.45, 2.75) is 13.8 Å². The monoisotopic (exact) mass is 237 g/mol. The van der Waals surface area contributed by atoms with Crippen molar-refractivity contribution >= 4 is 28.7 Å². The third-order valence-corrected chi connectivity index (χ3v) is 3.11. The number of aromatic nitrogens is 1. The van der Waals surface area contributed by atoms with Gasteiger partial charge < -0.3 is 15.6 Å². The first-order valence-corrected chi connectivity index (χ1v) is 5.48. The zero-order valence-corrected chi connectivity index (χ0v) is 9.72. The second kappa shape index (κ2) is 3.97. The number of carbonyl (C=O) groups excluding carboxylic acids is 1. The van der Waals surface area contributed by atoms with E-state index in [0.717, 1.165) is 4.88 Å². The molecule has 0 aliphatic carbocycles. The van der Waals surface area contributed by atoms with E-state index in [4.69, 9.17) is 10.3 Å². The van der Waals surface area contributed by atoms with Crippen LogP contribution in [0, 0.1) is 13.8 Å². The van der Waals surface area contributed by atoms with E-state index >= 15 is 0 Å². The van der Waals surface area contributed by atoms with Crippen molar-refractivity contribution in [2.75, 3.05) is 11.1 Å². The highest BCUT2D eigenvalue weighted by Crippen LogP contribution is 2.24.